The monoisotopic (exact) mass is 379 g/mol. The smallest absolute Gasteiger partial charge is 0.195 e. The second-order valence-electron chi connectivity index (χ2n) is 8.79. The van der Waals surface area contributed by atoms with Gasteiger partial charge in [-0.3, -0.25) is 0 Å². The molecule has 0 aliphatic heterocycles. The van der Waals surface area contributed by atoms with Gasteiger partial charge in [-0.2, -0.15) is 9.65 Å². The van der Waals surface area contributed by atoms with Crippen molar-refractivity contribution in [2.24, 2.45) is 17.8 Å². The van der Waals surface area contributed by atoms with E-state index in [0.717, 1.165) is 37.5 Å². The van der Waals surface area contributed by atoms with Gasteiger partial charge in [0.05, 0.1) is 0 Å². The Labute approximate surface area is 170 Å². The van der Waals surface area contributed by atoms with Crippen LogP contribution in [-0.4, -0.2) is 0 Å². The molecular formula is C26H34FN. The van der Waals surface area contributed by atoms with Gasteiger partial charge in [-0.1, -0.05) is 49.8 Å². The summed E-state index contributed by atoms with van der Waals surface area (Å²) in [5.74, 6) is 1.74. The van der Waals surface area contributed by atoms with Gasteiger partial charge in [0.2, 0.25) is 0 Å². The third-order valence-corrected chi connectivity index (χ3v) is 6.72. The predicted octanol–water partition coefficient (Wildman–Crippen LogP) is 7.65. The Bertz CT molecular complexity index is 693. The van der Waals surface area contributed by atoms with Crippen molar-refractivity contribution < 1.29 is 4.39 Å². The van der Waals surface area contributed by atoms with E-state index in [2.05, 4.69) is 43.3 Å². The molecule has 2 heteroatoms. The number of nitriles is 1. The summed E-state index contributed by atoms with van der Waals surface area (Å²) < 4.78 is 13.1. The lowest BCUT2D eigenvalue weighted by Crippen LogP contribution is -2.14. The fourth-order valence-electron chi connectivity index (χ4n) is 4.95. The van der Waals surface area contributed by atoms with Gasteiger partial charge in [-0.15, -0.1) is 0 Å². The molecule has 0 aromatic heterocycles. The van der Waals surface area contributed by atoms with Crippen LogP contribution in [0.1, 0.15) is 81.8 Å². The molecule has 0 bridgehead atoms. The minimum Gasteiger partial charge on any atom is -0.195 e. The highest BCUT2D eigenvalue weighted by atomic mass is 19.1. The maximum atomic E-state index is 13.1. The highest BCUT2D eigenvalue weighted by Crippen LogP contribution is 2.37. The van der Waals surface area contributed by atoms with Crippen LogP contribution in [0.2, 0.25) is 0 Å². The van der Waals surface area contributed by atoms with E-state index in [4.69, 9.17) is 5.26 Å². The van der Waals surface area contributed by atoms with Crippen LogP contribution in [0.15, 0.2) is 48.3 Å². The molecular weight excluding hydrogens is 345 g/mol. The molecule has 1 aromatic rings. The lowest BCUT2D eigenvalue weighted by molar-refractivity contribution is 0.346. The number of rotatable bonds is 6. The predicted molar refractivity (Wildman–Crippen MR) is 115 cm³/mol. The molecule has 2 aliphatic carbocycles. The lowest BCUT2D eigenvalue weighted by atomic mass is 9.77. The van der Waals surface area contributed by atoms with E-state index >= 15 is 0 Å². The number of nitrogens with zero attached hydrogens (tertiary/aromatic N) is 1. The van der Waals surface area contributed by atoms with Crippen LogP contribution in [0.3, 0.4) is 0 Å². The van der Waals surface area contributed by atoms with Gasteiger partial charge in [0, 0.05) is 0 Å². The molecule has 0 spiro atoms. The van der Waals surface area contributed by atoms with Gasteiger partial charge < -0.3 is 0 Å². The summed E-state index contributed by atoms with van der Waals surface area (Å²) >= 11 is 0. The fraction of sp³-hybridized carbons (Fsp3) is 0.577. The number of hydrogen-bond acceptors (Lipinski definition) is 1. The Kier molecular flexibility index (Phi) is 7.90. The van der Waals surface area contributed by atoms with Crippen LogP contribution in [0, 0.1) is 29.1 Å². The van der Waals surface area contributed by atoms with Crippen molar-refractivity contribution in [1.29, 1.82) is 5.26 Å². The van der Waals surface area contributed by atoms with Crippen LogP contribution >= 0.6 is 0 Å². The van der Waals surface area contributed by atoms with Crippen molar-refractivity contribution in [3.63, 3.8) is 0 Å². The van der Waals surface area contributed by atoms with Crippen molar-refractivity contribution in [2.75, 3.05) is 0 Å². The highest BCUT2D eigenvalue weighted by Gasteiger charge is 2.22. The van der Waals surface area contributed by atoms with E-state index in [1.165, 1.54) is 55.7 Å². The normalized spacial score (nSPS) is 29.0. The largest absolute Gasteiger partial charge is 0.196 e. The maximum absolute atomic E-state index is 13.1. The summed E-state index contributed by atoms with van der Waals surface area (Å²) in [4.78, 5) is 0. The SMILES string of the molecule is CCCc1ccc([C@H]2CC[C@H](/C=C/[C@H]3CC[C@H](C=C(F)C#N)CC3)CC2)cc1. The third kappa shape index (κ3) is 6.06. The summed E-state index contributed by atoms with van der Waals surface area (Å²) in [5, 5.41) is 8.57. The molecule has 150 valence electrons. The second-order valence-corrected chi connectivity index (χ2v) is 8.79. The van der Waals surface area contributed by atoms with E-state index in [1.54, 1.807) is 6.07 Å². The fourth-order valence-corrected chi connectivity index (χ4v) is 4.95. The molecule has 1 nitrogen and oxygen atoms in total. The molecule has 0 N–H and O–H groups in total. The minimum atomic E-state index is -0.615. The summed E-state index contributed by atoms with van der Waals surface area (Å²) in [6, 6.07) is 10.9. The number of aryl methyl sites for hydroxylation is 1. The Morgan fingerprint density at radius 1 is 0.929 bits per heavy atom. The van der Waals surface area contributed by atoms with Gasteiger partial charge in [-0.05, 0) is 98.7 Å². The molecule has 0 radical (unpaired) electrons. The van der Waals surface area contributed by atoms with Gasteiger partial charge in [0.25, 0.3) is 0 Å². The van der Waals surface area contributed by atoms with Crippen molar-refractivity contribution in [2.45, 2.75) is 77.0 Å². The average Bonchev–Trinajstić information content (AvgIpc) is 2.74. The lowest BCUT2D eigenvalue weighted by Gasteiger charge is -2.28. The van der Waals surface area contributed by atoms with Crippen molar-refractivity contribution in [3.05, 3.63) is 59.4 Å². The summed E-state index contributed by atoms with van der Waals surface area (Å²) in [6.07, 6.45) is 18.3. The molecule has 0 unspecified atom stereocenters. The first-order valence-corrected chi connectivity index (χ1v) is 11.2. The van der Waals surface area contributed by atoms with Crippen molar-refractivity contribution >= 4 is 0 Å². The first-order valence-electron chi connectivity index (χ1n) is 11.2. The molecule has 0 amide bonds. The zero-order chi connectivity index (χ0) is 19.8. The Balaban J connectivity index is 1.41. The second kappa shape index (κ2) is 10.6. The average molecular weight is 380 g/mol. The Morgan fingerprint density at radius 3 is 2.00 bits per heavy atom. The van der Waals surface area contributed by atoms with Crippen LogP contribution in [0.25, 0.3) is 0 Å². The van der Waals surface area contributed by atoms with Crippen molar-refractivity contribution in [3.8, 4) is 6.07 Å². The number of allylic oxidation sites excluding steroid dienone is 4. The maximum Gasteiger partial charge on any atom is 0.196 e. The van der Waals surface area contributed by atoms with Crippen LogP contribution < -0.4 is 0 Å². The first-order chi connectivity index (χ1) is 13.7. The first kappa shape index (κ1) is 20.8. The topological polar surface area (TPSA) is 23.8 Å². The summed E-state index contributed by atoms with van der Waals surface area (Å²) in [6.45, 7) is 2.24. The van der Waals surface area contributed by atoms with Gasteiger partial charge in [0.1, 0.15) is 6.07 Å². The van der Waals surface area contributed by atoms with Crippen LogP contribution in [0.4, 0.5) is 4.39 Å². The van der Waals surface area contributed by atoms with E-state index in [0.29, 0.717) is 5.92 Å². The summed E-state index contributed by atoms with van der Waals surface area (Å²) in [7, 11) is 0. The quantitative estimate of drug-likeness (QED) is 0.368. The van der Waals surface area contributed by atoms with E-state index in [9.17, 15) is 4.39 Å². The molecule has 3 rings (SSSR count). The number of halogens is 1. The van der Waals surface area contributed by atoms with E-state index in [-0.39, 0.29) is 5.92 Å². The summed E-state index contributed by atoms with van der Waals surface area (Å²) in [5.41, 5.74) is 2.99. The molecule has 1 aromatic carbocycles. The van der Waals surface area contributed by atoms with Crippen molar-refractivity contribution in [1.82, 2.24) is 0 Å². The zero-order valence-corrected chi connectivity index (χ0v) is 17.2. The Morgan fingerprint density at radius 2 is 1.46 bits per heavy atom. The van der Waals surface area contributed by atoms with Crippen LogP contribution in [-0.2, 0) is 6.42 Å². The molecule has 0 saturated heterocycles. The third-order valence-electron chi connectivity index (χ3n) is 6.72. The minimum absolute atomic E-state index is 0.253. The van der Waals surface area contributed by atoms with Gasteiger partial charge in [0.15, 0.2) is 5.83 Å². The highest BCUT2D eigenvalue weighted by molar-refractivity contribution is 5.26. The van der Waals surface area contributed by atoms with Gasteiger partial charge >= 0.3 is 0 Å². The molecule has 0 atom stereocenters. The van der Waals surface area contributed by atoms with E-state index in [1.807, 2.05) is 0 Å². The zero-order valence-electron chi connectivity index (χ0n) is 17.2. The number of benzene rings is 1. The van der Waals surface area contributed by atoms with Gasteiger partial charge in [-0.25, -0.2) is 0 Å². The molecule has 2 aliphatic rings. The molecule has 0 heterocycles. The Hall–Kier alpha value is -1.88. The van der Waals surface area contributed by atoms with E-state index < -0.39 is 5.83 Å². The molecule has 28 heavy (non-hydrogen) atoms. The molecule has 2 fully saturated rings. The van der Waals surface area contributed by atoms with Crippen LogP contribution in [0.5, 0.6) is 0 Å². The standard InChI is InChI=1S/C26H34FN/c1-2-3-20-10-14-24(15-11-20)25-16-12-22(13-17-25)5-4-21-6-8-23(9-7-21)18-26(27)19-28/h4-5,10-11,14-15,18,21-23,25H,2-3,6-9,12-13,16-17H2,1H3/b5-4+,26-18?/t21-,22-,23-,25-. The molecule has 2 saturated carbocycles. The number of hydrogen-bond donors (Lipinski definition) is 0.